The number of piperidine rings is 1. The van der Waals surface area contributed by atoms with Gasteiger partial charge in [-0.05, 0) is 57.0 Å². The summed E-state index contributed by atoms with van der Waals surface area (Å²) < 4.78 is 25.1. The normalized spacial score (nSPS) is 33.2. The molecule has 1 heterocycles. The third-order valence-electron chi connectivity index (χ3n) is 5.12. The number of hydrogen-bond donors (Lipinski definition) is 1. The molecule has 0 bridgehead atoms. The highest BCUT2D eigenvalue weighted by Gasteiger charge is 2.31. The Balaban J connectivity index is 1.91. The second-order valence-electron chi connectivity index (χ2n) is 6.73. The maximum Gasteiger partial charge on any atom is 0.211 e. The van der Waals surface area contributed by atoms with Crippen molar-refractivity contribution < 1.29 is 8.42 Å². The Bertz CT molecular complexity index is 395. The lowest BCUT2D eigenvalue weighted by molar-refractivity contribution is 0.161. The first-order chi connectivity index (χ1) is 9.50. The Labute approximate surface area is 124 Å². The molecule has 0 amide bonds. The summed E-state index contributed by atoms with van der Waals surface area (Å²) in [5, 5.41) is 3.33. The molecule has 0 radical (unpaired) electrons. The van der Waals surface area contributed by atoms with Gasteiger partial charge in [0.05, 0.1) is 6.26 Å². The Morgan fingerprint density at radius 1 is 1.10 bits per heavy atom. The van der Waals surface area contributed by atoms with Crippen molar-refractivity contribution in [2.75, 3.05) is 32.9 Å². The van der Waals surface area contributed by atoms with Gasteiger partial charge in [0, 0.05) is 13.1 Å². The van der Waals surface area contributed by atoms with Crippen LogP contribution in [0.2, 0.25) is 0 Å². The van der Waals surface area contributed by atoms with Gasteiger partial charge < -0.3 is 5.32 Å². The zero-order valence-electron chi connectivity index (χ0n) is 13.0. The third kappa shape index (κ3) is 4.43. The van der Waals surface area contributed by atoms with Gasteiger partial charge in [-0.15, -0.1) is 0 Å². The predicted molar refractivity (Wildman–Crippen MR) is 83.1 cm³/mol. The van der Waals surface area contributed by atoms with E-state index >= 15 is 0 Å². The summed E-state index contributed by atoms with van der Waals surface area (Å²) in [5.41, 5.74) is 0. The summed E-state index contributed by atoms with van der Waals surface area (Å²) >= 11 is 0. The van der Waals surface area contributed by atoms with E-state index in [-0.39, 0.29) is 0 Å². The van der Waals surface area contributed by atoms with Gasteiger partial charge in [-0.1, -0.05) is 19.3 Å². The lowest BCUT2D eigenvalue weighted by atomic mass is 9.74. The Morgan fingerprint density at radius 2 is 1.80 bits per heavy atom. The van der Waals surface area contributed by atoms with E-state index in [0.717, 1.165) is 37.9 Å². The van der Waals surface area contributed by atoms with Crippen LogP contribution in [0.3, 0.4) is 0 Å². The molecule has 0 aromatic carbocycles. The van der Waals surface area contributed by atoms with Gasteiger partial charge in [-0.2, -0.15) is 0 Å². The van der Waals surface area contributed by atoms with Crippen molar-refractivity contribution in [1.82, 2.24) is 9.62 Å². The van der Waals surface area contributed by atoms with E-state index in [9.17, 15) is 8.42 Å². The average molecular weight is 302 g/mol. The molecule has 1 saturated heterocycles. The molecule has 2 aliphatic rings. The number of rotatable bonds is 5. The lowest BCUT2D eigenvalue weighted by Crippen LogP contribution is -2.40. The van der Waals surface area contributed by atoms with Crippen molar-refractivity contribution in [3.8, 4) is 0 Å². The molecule has 20 heavy (non-hydrogen) atoms. The van der Waals surface area contributed by atoms with Gasteiger partial charge in [0.2, 0.25) is 10.0 Å². The Morgan fingerprint density at radius 3 is 2.45 bits per heavy atom. The highest BCUT2D eigenvalue weighted by molar-refractivity contribution is 7.88. The second kappa shape index (κ2) is 7.23. The fraction of sp³-hybridized carbons (Fsp3) is 1.00. The van der Waals surface area contributed by atoms with Crippen LogP contribution in [0.5, 0.6) is 0 Å². The van der Waals surface area contributed by atoms with Crippen LogP contribution in [0.1, 0.15) is 44.9 Å². The summed E-state index contributed by atoms with van der Waals surface area (Å²) in [6, 6.07) is 0. The molecule has 2 rings (SSSR count). The molecule has 1 aliphatic carbocycles. The maximum absolute atomic E-state index is 11.7. The van der Waals surface area contributed by atoms with E-state index < -0.39 is 10.0 Å². The third-order valence-corrected chi connectivity index (χ3v) is 6.39. The van der Waals surface area contributed by atoms with Gasteiger partial charge in [0.1, 0.15) is 0 Å². The first-order valence-electron chi connectivity index (χ1n) is 8.10. The largest absolute Gasteiger partial charge is 0.319 e. The molecule has 5 heteroatoms. The quantitative estimate of drug-likeness (QED) is 0.846. The molecule has 3 unspecified atom stereocenters. The Hall–Kier alpha value is -0.130. The fourth-order valence-corrected chi connectivity index (χ4v) is 5.02. The van der Waals surface area contributed by atoms with Crippen LogP contribution >= 0.6 is 0 Å². The molecule has 2 fully saturated rings. The van der Waals surface area contributed by atoms with Crippen LogP contribution in [0.15, 0.2) is 0 Å². The molecule has 0 aromatic heterocycles. The molecule has 3 atom stereocenters. The minimum Gasteiger partial charge on any atom is -0.319 e. The highest BCUT2D eigenvalue weighted by atomic mass is 32.2. The van der Waals surface area contributed by atoms with Crippen LogP contribution in [-0.4, -0.2) is 45.7 Å². The molecular formula is C15H30N2O2S. The molecule has 118 valence electrons. The van der Waals surface area contributed by atoms with Crippen LogP contribution in [-0.2, 0) is 10.0 Å². The summed E-state index contributed by atoms with van der Waals surface area (Å²) in [6.45, 7) is 2.59. The van der Waals surface area contributed by atoms with Crippen molar-refractivity contribution >= 4 is 10.0 Å². The summed E-state index contributed by atoms with van der Waals surface area (Å²) in [6.07, 6.45) is 10.2. The van der Waals surface area contributed by atoms with E-state index in [1.165, 1.54) is 44.8 Å². The molecule has 1 saturated carbocycles. The lowest BCUT2D eigenvalue weighted by Gasteiger charge is -2.37. The first kappa shape index (κ1) is 16.2. The number of hydrogen-bond acceptors (Lipinski definition) is 3. The molecule has 1 aliphatic heterocycles. The van der Waals surface area contributed by atoms with E-state index in [1.807, 2.05) is 7.05 Å². The molecule has 1 N–H and O–H groups in total. The molecule has 0 spiro atoms. The van der Waals surface area contributed by atoms with E-state index in [4.69, 9.17) is 0 Å². The van der Waals surface area contributed by atoms with E-state index in [2.05, 4.69) is 5.32 Å². The van der Waals surface area contributed by atoms with Gasteiger partial charge in [-0.25, -0.2) is 12.7 Å². The highest BCUT2D eigenvalue weighted by Crippen LogP contribution is 2.36. The Kier molecular flexibility index (Phi) is 5.87. The first-order valence-corrected chi connectivity index (χ1v) is 9.95. The molecule has 0 aromatic rings. The van der Waals surface area contributed by atoms with Crippen LogP contribution in [0, 0.1) is 17.8 Å². The van der Waals surface area contributed by atoms with E-state index in [1.54, 1.807) is 4.31 Å². The SMILES string of the molecule is CNCC1CCCCC1CC1CCCN(S(C)(=O)=O)C1. The van der Waals surface area contributed by atoms with Crippen molar-refractivity contribution in [3.05, 3.63) is 0 Å². The maximum atomic E-state index is 11.7. The standard InChI is InChI=1S/C15H30N2O2S/c1-16-11-15-8-4-3-7-14(15)10-13-6-5-9-17(12-13)20(2,18)19/h13-16H,3-12H2,1-2H3. The molecular weight excluding hydrogens is 272 g/mol. The predicted octanol–water partition coefficient (Wildman–Crippen LogP) is 2.07. The average Bonchev–Trinajstić information content (AvgIpc) is 2.41. The molecule has 4 nitrogen and oxygen atoms in total. The zero-order valence-corrected chi connectivity index (χ0v) is 13.8. The van der Waals surface area contributed by atoms with Crippen molar-refractivity contribution in [2.45, 2.75) is 44.9 Å². The topological polar surface area (TPSA) is 49.4 Å². The van der Waals surface area contributed by atoms with Gasteiger partial charge in [-0.3, -0.25) is 0 Å². The van der Waals surface area contributed by atoms with Gasteiger partial charge in [0.25, 0.3) is 0 Å². The van der Waals surface area contributed by atoms with E-state index in [0.29, 0.717) is 5.92 Å². The zero-order chi connectivity index (χ0) is 14.6. The second-order valence-corrected chi connectivity index (χ2v) is 8.71. The monoisotopic (exact) mass is 302 g/mol. The van der Waals surface area contributed by atoms with Gasteiger partial charge >= 0.3 is 0 Å². The summed E-state index contributed by atoms with van der Waals surface area (Å²) in [5.74, 6) is 2.16. The smallest absolute Gasteiger partial charge is 0.211 e. The summed E-state index contributed by atoms with van der Waals surface area (Å²) in [7, 11) is -0.963. The number of nitrogens with one attached hydrogen (secondary N) is 1. The van der Waals surface area contributed by atoms with Crippen LogP contribution in [0.25, 0.3) is 0 Å². The number of nitrogens with zero attached hydrogens (tertiary/aromatic N) is 1. The van der Waals surface area contributed by atoms with Crippen molar-refractivity contribution in [2.24, 2.45) is 17.8 Å². The van der Waals surface area contributed by atoms with Crippen molar-refractivity contribution in [3.63, 3.8) is 0 Å². The van der Waals surface area contributed by atoms with Gasteiger partial charge in [0.15, 0.2) is 0 Å². The number of sulfonamides is 1. The minimum atomic E-state index is -3.00. The van der Waals surface area contributed by atoms with Crippen molar-refractivity contribution in [1.29, 1.82) is 0 Å². The minimum absolute atomic E-state index is 0.570. The summed E-state index contributed by atoms with van der Waals surface area (Å²) in [4.78, 5) is 0. The van der Waals surface area contributed by atoms with Crippen LogP contribution in [0.4, 0.5) is 0 Å². The van der Waals surface area contributed by atoms with Crippen LogP contribution < -0.4 is 5.32 Å². The fourth-order valence-electron chi connectivity index (χ4n) is 4.07.